The molecule has 0 radical (unpaired) electrons. The van der Waals surface area contributed by atoms with Crippen LogP contribution in [0.25, 0.3) is 0 Å². The van der Waals surface area contributed by atoms with E-state index in [1.54, 1.807) is 0 Å². The molecule has 0 heterocycles. The summed E-state index contributed by atoms with van der Waals surface area (Å²) in [6, 6.07) is 0. The lowest BCUT2D eigenvalue weighted by molar-refractivity contribution is -0.137. The van der Waals surface area contributed by atoms with Gasteiger partial charge in [0.15, 0.2) is 0 Å². The van der Waals surface area contributed by atoms with Gasteiger partial charge < -0.3 is 5.11 Å². The van der Waals surface area contributed by atoms with Crippen LogP contribution in [0.5, 0.6) is 0 Å². The van der Waals surface area contributed by atoms with Crippen molar-refractivity contribution in [3.05, 3.63) is 0 Å². The van der Waals surface area contributed by atoms with Gasteiger partial charge in [0.05, 0.1) is 0 Å². The predicted molar refractivity (Wildman–Crippen MR) is 54.8 cm³/mol. The number of hydrogen-bond acceptors (Lipinski definition) is 1. The zero-order valence-corrected chi connectivity index (χ0v) is 9.10. The minimum absolute atomic E-state index is 0.329. The summed E-state index contributed by atoms with van der Waals surface area (Å²) in [4.78, 5) is 10.2. The number of unbranched alkanes of at least 4 members (excludes halogenated alkanes) is 3. The molecule has 13 heavy (non-hydrogen) atoms. The number of rotatable bonds is 6. The largest absolute Gasteiger partial charge is 0.481 e. The molecule has 0 aliphatic heterocycles. The predicted octanol–water partition coefficient (Wildman–Crippen LogP) is 3.46. The lowest BCUT2D eigenvalue weighted by Gasteiger charge is -2.17. The van der Waals surface area contributed by atoms with Gasteiger partial charge in [-0.05, 0) is 18.3 Å². The zero-order chi connectivity index (χ0) is 10.3. The maximum atomic E-state index is 10.2. The first-order valence-electron chi connectivity index (χ1n) is 5.13. The van der Waals surface area contributed by atoms with Gasteiger partial charge in [-0.3, -0.25) is 4.79 Å². The summed E-state index contributed by atoms with van der Waals surface area (Å²) >= 11 is 0. The fourth-order valence-corrected chi connectivity index (χ4v) is 1.29. The molecule has 2 nitrogen and oxygen atoms in total. The standard InChI is InChI=1S/C11H22O2/c1-11(2,3)9-7-5-4-6-8-10(12)13/h4-9H2,1-3H3,(H,12,13). The van der Waals surface area contributed by atoms with Crippen LogP contribution in [0.3, 0.4) is 0 Å². The minimum Gasteiger partial charge on any atom is -0.481 e. The molecule has 1 N–H and O–H groups in total. The smallest absolute Gasteiger partial charge is 0.303 e. The topological polar surface area (TPSA) is 37.3 Å². The fraction of sp³-hybridized carbons (Fsp3) is 0.909. The first-order chi connectivity index (χ1) is 5.92. The third-order valence-electron chi connectivity index (χ3n) is 2.07. The average molecular weight is 186 g/mol. The van der Waals surface area contributed by atoms with Gasteiger partial charge in [-0.1, -0.05) is 40.0 Å². The first kappa shape index (κ1) is 12.5. The van der Waals surface area contributed by atoms with Crippen LogP contribution < -0.4 is 0 Å². The number of carboxylic acid groups (broad SMARTS) is 1. The monoisotopic (exact) mass is 186 g/mol. The molecule has 0 aliphatic carbocycles. The van der Waals surface area contributed by atoms with E-state index in [2.05, 4.69) is 20.8 Å². The second-order valence-electron chi connectivity index (χ2n) is 4.87. The van der Waals surface area contributed by atoms with Gasteiger partial charge in [0, 0.05) is 6.42 Å². The molecule has 78 valence electrons. The highest BCUT2D eigenvalue weighted by Gasteiger charge is 2.08. The molecular weight excluding hydrogens is 164 g/mol. The quantitative estimate of drug-likeness (QED) is 0.645. The molecule has 2 heteroatoms. The number of hydrogen-bond donors (Lipinski definition) is 1. The van der Waals surface area contributed by atoms with Gasteiger partial charge in [-0.2, -0.15) is 0 Å². The Morgan fingerprint density at radius 2 is 1.62 bits per heavy atom. The molecule has 0 atom stereocenters. The van der Waals surface area contributed by atoms with Gasteiger partial charge in [0.25, 0.3) is 0 Å². The molecule has 0 unspecified atom stereocenters. The summed E-state index contributed by atoms with van der Waals surface area (Å²) in [5, 5.41) is 8.40. The highest BCUT2D eigenvalue weighted by atomic mass is 16.4. The normalized spacial score (nSPS) is 11.6. The maximum absolute atomic E-state index is 10.2. The van der Waals surface area contributed by atoms with Crippen LogP contribution in [0.4, 0.5) is 0 Å². The SMILES string of the molecule is CC(C)(C)CCCCCCC(=O)O. The Morgan fingerprint density at radius 1 is 1.08 bits per heavy atom. The third-order valence-corrected chi connectivity index (χ3v) is 2.07. The van der Waals surface area contributed by atoms with Crippen molar-refractivity contribution in [2.45, 2.75) is 59.3 Å². The van der Waals surface area contributed by atoms with E-state index in [9.17, 15) is 4.79 Å². The van der Waals surface area contributed by atoms with Crippen molar-refractivity contribution in [1.82, 2.24) is 0 Å². The lowest BCUT2D eigenvalue weighted by atomic mass is 9.89. The van der Waals surface area contributed by atoms with Crippen molar-refractivity contribution >= 4 is 5.97 Å². The van der Waals surface area contributed by atoms with E-state index in [4.69, 9.17) is 5.11 Å². The molecule has 0 bridgehead atoms. The summed E-state index contributed by atoms with van der Waals surface area (Å²) < 4.78 is 0. The molecule has 0 fully saturated rings. The lowest BCUT2D eigenvalue weighted by Crippen LogP contribution is -2.04. The van der Waals surface area contributed by atoms with E-state index in [0.29, 0.717) is 11.8 Å². The molecule has 0 saturated carbocycles. The van der Waals surface area contributed by atoms with Crippen LogP contribution >= 0.6 is 0 Å². The van der Waals surface area contributed by atoms with Crippen molar-refractivity contribution in [3.63, 3.8) is 0 Å². The Bertz CT molecular complexity index is 145. The molecule has 0 rings (SSSR count). The van der Waals surface area contributed by atoms with E-state index >= 15 is 0 Å². The van der Waals surface area contributed by atoms with Crippen molar-refractivity contribution in [2.75, 3.05) is 0 Å². The third kappa shape index (κ3) is 11.5. The average Bonchev–Trinajstić information content (AvgIpc) is 1.93. The summed E-state index contributed by atoms with van der Waals surface area (Å²) in [5.41, 5.74) is 0.423. The van der Waals surface area contributed by atoms with Crippen LogP contribution in [-0.2, 0) is 4.79 Å². The summed E-state index contributed by atoms with van der Waals surface area (Å²) in [6.07, 6.45) is 5.85. The number of carboxylic acids is 1. The maximum Gasteiger partial charge on any atom is 0.303 e. The van der Waals surface area contributed by atoms with Crippen LogP contribution in [0.2, 0.25) is 0 Å². The van der Waals surface area contributed by atoms with Crippen LogP contribution in [-0.4, -0.2) is 11.1 Å². The Labute approximate surface area is 81.3 Å². The van der Waals surface area contributed by atoms with Crippen LogP contribution in [0.1, 0.15) is 59.3 Å². The van der Waals surface area contributed by atoms with Gasteiger partial charge in [-0.15, -0.1) is 0 Å². The zero-order valence-electron chi connectivity index (χ0n) is 9.10. The van der Waals surface area contributed by atoms with Gasteiger partial charge in [-0.25, -0.2) is 0 Å². The van der Waals surface area contributed by atoms with Crippen molar-refractivity contribution in [3.8, 4) is 0 Å². The van der Waals surface area contributed by atoms with Gasteiger partial charge >= 0.3 is 5.97 Å². The molecule has 0 spiro atoms. The molecule has 0 aromatic carbocycles. The van der Waals surface area contributed by atoms with Crippen LogP contribution in [0, 0.1) is 5.41 Å². The van der Waals surface area contributed by atoms with E-state index in [-0.39, 0.29) is 0 Å². The second-order valence-corrected chi connectivity index (χ2v) is 4.87. The molecule has 0 aromatic heterocycles. The van der Waals surface area contributed by atoms with Crippen molar-refractivity contribution in [2.24, 2.45) is 5.41 Å². The molecule has 0 amide bonds. The Hall–Kier alpha value is -0.530. The molecule has 0 aromatic rings. The Balaban J connectivity index is 3.13. The number of aliphatic carboxylic acids is 1. The van der Waals surface area contributed by atoms with E-state index in [1.165, 1.54) is 19.3 Å². The van der Waals surface area contributed by atoms with E-state index in [0.717, 1.165) is 12.8 Å². The van der Waals surface area contributed by atoms with Gasteiger partial charge in [0.1, 0.15) is 0 Å². The highest BCUT2D eigenvalue weighted by Crippen LogP contribution is 2.22. The second kappa shape index (κ2) is 6.01. The minimum atomic E-state index is -0.671. The van der Waals surface area contributed by atoms with Crippen molar-refractivity contribution in [1.29, 1.82) is 0 Å². The molecule has 0 saturated heterocycles. The first-order valence-corrected chi connectivity index (χ1v) is 5.13. The molecule has 0 aliphatic rings. The van der Waals surface area contributed by atoms with Crippen LogP contribution in [0.15, 0.2) is 0 Å². The van der Waals surface area contributed by atoms with E-state index < -0.39 is 5.97 Å². The summed E-state index contributed by atoms with van der Waals surface area (Å²) in [5.74, 6) is -0.671. The Kier molecular flexibility index (Phi) is 5.76. The van der Waals surface area contributed by atoms with Crippen molar-refractivity contribution < 1.29 is 9.90 Å². The highest BCUT2D eigenvalue weighted by molar-refractivity contribution is 5.66. The number of carbonyl (C=O) groups is 1. The fourth-order valence-electron chi connectivity index (χ4n) is 1.29. The molecular formula is C11H22O2. The summed E-state index contributed by atoms with van der Waals surface area (Å²) in [7, 11) is 0. The van der Waals surface area contributed by atoms with E-state index in [1.807, 2.05) is 0 Å². The summed E-state index contributed by atoms with van der Waals surface area (Å²) in [6.45, 7) is 6.72. The Morgan fingerprint density at radius 3 is 2.08 bits per heavy atom. The van der Waals surface area contributed by atoms with Gasteiger partial charge in [0.2, 0.25) is 0 Å².